The quantitative estimate of drug-likeness (QED) is 0.404. The van der Waals surface area contributed by atoms with Gasteiger partial charge in [-0.25, -0.2) is 0 Å². The van der Waals surface area contributed by atoms with Crippen LogP contribution in [0.2, 0.25) is 0 Å². The molecule has 1 aliphatic rings. The first-order valence-electron chi connectivity index (χ1n) is 8.14. The Bertz CT molecular complexity index is 189. The monoisotopic (exact) mass is 256 g/mol. The van der Waals surface area contributed by atoms with Crippen LogP contribution in [-0.2, 0) is 0 Å². The first-order chi connectivity index (χ1) is 8.14. The van der Waals surface area contributed by atoms with Crippen molar-refractivity contribution in [2.45, 2.75) is 77.2 Å². The molecule has 1 rings (SSSR count). The van der Waals surface area contributed by atoms with Crippen LogP contribution in [0, 0.1) is 0 Å². The van der Waals surface area contributed by atoms with Gasteiger partial charge in [-0.1, -0.05) is 0 Å². The Morgan fingerprint density at radius 2 is 1.18 bits per heavy atom. The molecule has 0 aromatic carbocycles. The van der Waals surface area contributed by atoms with Crippen LogP contribution in [0.3, 0.4) is 0 Å². The van der Waals surface area contributed by atoms with Crippen molar-refractivity contribution in [3.8, 4) is 0 Å². The molecule has 1 saturated carbocycles. The van der Waals surface area contributed by atoms with Crippen LogP contribution < -0.4 is 0 Å². The van der Waals surface area contributed by atoms with E-state index in [1.165, 1.54) is 38.5 Å². The Morgan fingerprint density at radius 1 is 0.824 bits per heavy atom. The third-order valence-corrected chi connectivity index (χ3v) is 12.3. The van der Waals surface area contributed by atoms with E-state index >= 15 is 0 Å². The van der Waals surface area contributed by atoms with E-state index in [0.29, 0.717) is 0 Å². The summed E-state index contributed by atoms with van der Waals surface area (Å²) in [5.74, 6) is 0. The molecule has 1 fully saturated rings. The van der Waals surface area contributed by atoms with Gasteiger partial charge < -0.3 is 0 Å². The second-order valence-corrected chi connectivity index (χ2v) is 11.9. The molecule has 17 heavy (non-hydrogen) atoms. The van der Waals surface area contributed by atoms with Crippen LogP contribution in [0.25, 0.3) is 0 Å². The summed E-state index contributed by atoms with van der Waals surface area (Å²) in [6, 6.07) is 0. The molecule has 0 aliphatic heterocycles. The Balaban J connectivity index is 2.68. The molecule has 1 aliphatic carbocycles. The van der Waals surface area contributed by atoms with Crippen molar-refractivity contribution in [3.63, 3.8) is 0 Å². The third-order valence-electron chi connectivity index (χ3n) is 5.31. The predicted molar refractivity (Wildman–Crippen MR) is 88.1 cm³/mol. The van der Waals surface area contributed by atoms with Gasteiger partial charge in [-0.3, -0.25) is 0 Å². The fourth-order valence-electron chi connectivity index (χ4n) is 3.54. The Morgan fingerprint density at radius 3 is 1.41 bits per heavy atom. The standard InChI is InChI=1S/C15H34BP/c1-4-7-12-17(13-8-5-2,14-9-6-3)15(16)10-11-15/h17H,4-14,16H2,1-3H3. The van der Waals surface area contributed by atoms with Gasteiger partial charge in [0.25, 0.3) is 0 Å². The van der Waals surface area contributed by atoms with Crippen LogP contribution in [0.4, 0.5) is 0 Å². The van der Waals surface area contributed by atoms with E-state index in [2.05, 4.69) is 28.6 Å². The molecule has 0 spiro atoms. The normalized spacial score (nSPS) is 19.2. The zero-order valence-electron chi connectivity index (χ0n) is 12.8. The number of unbranched alkanes of at least 4 members (excludes halogenated alkanes) is 3. The van der Waals surface area contributed by atoms with Crippen LogP contribution in [0.1, 0.15) is 72.1 Å². The first kappa shape index (κ1) is 15.6. The van der Waals surface area contributed by atoms with Crippen molar-refractivity contribution in [2.24, 2.45) is 0 Å². The molecule has 0 amide bonds. The topological polar surface area (TPSA) is 0 Å². The van der Waals surface area contributed by atoms with Crippen LogP contribution >= 0.6 is 7.26 Å². The summed E-state index contributed by atoms with van der Waals surface area (Å²) in [6.07, 6.45) is 16.8. The summed E-state index contributed by atoms with van der Waals surface area (Å²) >= 11 is 0. The Labute approximate surface area is 111 Å². The predicted octanol–water partition coefficient (Wildman–Crippen LogP) is 4.26. The van der Waals surface area contributed by atoms with Gasteiger partial charge in [0.2, 0.25) is 0 Å². The molecule has 2 heteroatoms. The second-order valence-electron chi connectivity index (χ2n) is 6.65. The van der Waals surface area contributed by atoms with Gasteiger partial charge in [0.1, 0.15) is 0 Å². The molecule has 0 heterocycles. The van der Waals surface area contributed by atoms with Gasteiger partial charge in [0.15, 0.2) is 0 Å². The number of hydrogen-bond acceptors (Lipinski definition) is 0. The maximum absolute atomic E-state index is 2.64. The summed E-state index contributed by atoms with van der Waals surface area (Å²) < 4.78 is 0. The van der Waals surface area contributed by atoms with Crippen LogP contribution in [0.15, 0.2) is 0 Å². The van der Waals surface area contributed by atoms with Gasteiger partial charge >= 0.3 is 111 Å². The first-order valence-corrected chi connectivity index (χ1v) is 10.8. The SMILES string of the molecule is BC1([PH](CCCC)(CCCC)CCCC)CC1. The van der Waals surface area contributed by atoms with Crippen molar-refractivity contribution in [1.82, 2.24) is 0 Å². The minimum atomic E-state index is -0.949. The molecule has 0 aromatic heterocycles. The van der Waals surface area contributed by atoms with E-state index in [0.717, 1.165) is 5.06 Å². The van der Waals surface area contributed by atoms with Crippen molar-refractivity contribution >= 4 is 15.1 Å². The minimum absolute atomic E-state index is 0.854. The summed E-state index contributed by atoms with van der Waals surface area (Å²) in [5.41, 5.74) is 0. The molecule has 0 nitrogen and oxygen atoms in total. The van der Waals surface area contributed by atoms with Gasteiger partial charge in [-0.05, 0) is 0 Å². The summed E-state index contributed by atoms with van der Waals surface area (Å²) in [5, 5.41) is 0.854. The van der Waals surface area contributed by atoms with Crippen LogP contribution in [0.5, 0.6) is 0 Å². The molecular weight excluding hydrogens is 222 g/mol. The molecule has 0 atom stereocenters. The Hall–Kier alpha value is 0.495. The van der Waals surface area contributed by atoms with Crippen molar-refractivity contribution in [2.75, 3.05) is 18.5 Å². The summed E-state index contributed by atoms with van der Waals surface area (Å²) in [4.78, 5) is 0. The summed E-state index contributed by atoms with van der Waals surface area (Å²) in [6.45, 7) is 7.11. The van der Waals surface area contributed by atoms with E-state index in [-0.39, 0.29) is 0 Å². The average Bonchev–Trinajstić information content (AvgIpc) is 3.08. The fraction of sp³-hybridized carbons (Fsp3) is 1.00. The van der Waals surface area contributed by atoms with Crippen molar-refractivity contribution in [1.29, 1.82) is 0 Å². The molecule has 0 bridgehead atoms. The van der Waals surface area contributed by atoms with Gasteiger partial charge in [0.05, 0.1) is 0 Å². The zero-order valence-corrected chi connectivity index (χ0v) is 13.8. The molecule has 102 valence electrons. The Kier molecular flexibility index (Phi) is 6.56. The van der Waals surface area contributed by atoms with Gasteiger partial charge in [-0.2, -0.15) is 0 Å². The summed E-state index contributed by atoms with van der Waals surface area (Å²) in [7, 11) is 1.69. The maximum atomic E-state index is 2.64. The van der Waals surface area contributed by atoms with Crippen molar-refractivity contribution < 1.29 is 0 Å². The average molecular weight is 256 g/mol. The molecule has 0 saturated heterocycles. The van der Waals surface area contributed by atoms with E-state index in [9.17, 15) is 0 Å². The number of rotatable bonds is 10. The molecule has 0 radical (unpaired) electrons. The van der Waals surface area contributed by atoms with Gasteiger partial charge in [0, 0.05) is 0 Å². The van der Waals surface area contributed by atoms with Gasteiger partial charge in [-0.15, -0.1) is 0 Å². The van der Waals surface area contributed by atoms with Crippen LogP contribution in [-0.4, -0.2) is 31.4 Å². The van der Waals surface area contributed by atoms with E-state index in [4.69, 9.17) is 0 Å². The van der Waals surface area contributed by atoms with E-state index in [1.54, 1.807) is 31.3 Å². The second kappa shape index (κ2) is 7.17. The van der Waals surface area contributed by atoms with E-state index in [1.807, 2.05) is 0 Å². The number of hydrogen-bond donors (Lipinski definition) is 0. The third kappa shape index (κ3) is 3.98. The molecular formula is C15H34BP. The molecule has 0 N–H and O–H groups in total. The molecule has 0 unspecified atom stereocenters. The zero-order chi connectivity index (χ0) is 12.8. The fourth-order valence-corrected chi connectivity index (χ4v) is 10.4. The van der Waals surface area contributed by atoms with E-state index < -0.39 is 7.26 Å². The van der Waals surface area contributed by atoms with Crippen molar-refractivity contribution in [3.05, 3.63) is 0 Å². The molecule has 0 aromatic rings.